The highest BCUT2D eigenvalue weighted by Gasteiger charge is 2.50. The molecule has 2 heterocycles. The lowest BCUT2D eigenvalue weighted by atomic mass is 9.86. The van der Waals surface area contributed by atoms with Crippen LogP contribution in [0.4, 0.5) is 5.69 Å². The Kier molecular flexibility index (Phi) is 2.63. The van der Waals surface area contributed by atoms with Gasteiger partial charge in [-0.3, -0.25) is 4.79 Å². The summed E-state index contributed by atoms with van der Waals surface area (Å²) in [6.45, 7) is 0.732. The molecule has 2 saturated heterocycles. The Morgan fingerprint density at radius 2 is 1.94 bits per heavy atom. The molecule has 90 valence electrons. The Hall–Kier alpha value is -1.35. The van der Waals surface area contributed by atoms with E-state index in [2.05, 4.69) is 24.3 Å². The normalized spacial score (nSPS) is 26.2. The first-order valence-electron chi connectivity index (χ1n) is 6.41. The molecular weight excluding hydrogens is 212 g/mol. The molecule has 0 unspecified atom stereocenters. The van der Waals surface area contributed by atoms with Gasteiger partial charge in [-0.2, -0.15) is 0 Å². The summed E-state index contributed by atoms with van der Waals surface area (Å²) in [5, 5.41) is 0. The van der Waals surface area contributed by atoms with Gasteiger partial charge in [0.05, 0.1) is 0 Å². The molecule has 0 atom stereocenters. The second-order valence-corrected chi connectivity index (χ2v) is 5.09. The number of hydrogen-bond donors (Lipinski definition) is 1. The van der Waals surface area contributed by atoms with Crippen LogP contribution < -0.4 is 10.6 Å². The minimum atomic E-state index is 0.317. The van der Waals surface area contributed by atoms with Gasteiger partial charge in [-0.05, 0) is 49.9 Å². The Labute approximate surface area is 102 Å². The fourth-order valence-corrected chi connectivity index (χ4v) is 2.84. The molecule has 2 aliphatic heterocycles. The quantitative estimate of drug-likeness (QED) is 0.855. The smallest absolute Gasteiger partial charge is 0.230 e. The van der Waals surface area contributed by atoms with Crippen molar-refractivity contribution in [1.29, 1.82) is 0 Å². The van der Waals surface area contributed by atoms with Crippen LogP contribution in [0.1, 0.15) is 24.8 Å². The third kappa shape index (κ3) is 1.75. The third-order valence-electron chi connectivity index (χ3n) is 3.95. The van der Waals surface area contributed by atoms with E-state index in [1.165, 1.54) is 5.56 Å². The zero-order valence-electron chi connectivity index (χ0n) is 9.93. The third-order valence-corrected chi connectivity index (χ3v) is 3.95. The van der Waals surface area contributed by atoms with Gasteiger partial charge in [0.15, 0.2) is 0 Å². The molecule has 17 heavy (non-hydrogen) atoms. The molecule has 4 rings (SSSR count). The number of amides is 1. The van der Waals surface area contributed by atoms with Gasteiger partial charge in [-0.25, -0.2) is 0 Å². The van der Waals surface area contributed by atoms with Gasteiger partial charge in [0, 0.05) is 17.6 Å². The highest BCUT2D eigenvalue weighted by atomic mass is 16.2. The molecule has 2 N–H and O–H groups in total. The average Bonchev–Trinajstić information content (AvgIpc) is 2.78. The van der Waals surface area contributed by atoms with Crippen molar-refractivity contribution in [3.63, 3.8) is 0 Å². The standard InChI is InChI=1S/C14H18N2O/c15-7-1-2-10-3-5-12(6-4-10)16-13-8-11(9-13)14(16)17/h3-6,11,13H,1-2,7-9,15H2. The monoisotopic (exact) mass is 230 g/mol. The second kappa shape index (κ2) is 4.15. The van der Waals surface area contributed by atoms with Crippen molar-refractivity contribution in [2.45, 2.75) is 31.7 Å². The summed E-state index contributed by atoms with van der Waals surface area (Å²) in [4.78, 5) is 13.9. The van der Waals surface area contributed by atoms with Crippen LogP contribution in [0, 0.1) is 5.92 Å². The number of carbonyl (C=O) groups excluding carboxylic acids is 1. The molecule has 3 heteroatoms. The van der Waals surface area contributed by atoms with Crippen molar-refractivity contribution in [2.75, 3.05) is 11.4 Å². The van der Waals surface area contributed by atoms with E-state index in [9.17, 15) is 4.79 Å². The minimum absolute atomic E-state index is 0.317. The first-order chi connectivity index (χ1) is 8.29. The molecule has 1 saturated carbocycles. The van der Waals surface area contributed by atoms with Crippen LogP contribution >= 0.6 is 0 Å². The fourth-order valence-electron chi connectivity index (χ4n) is 2.84. The summed E-state index contributed by atoms with van der Waals surface area (Å²) >= 11 is 0. The van der Waals surface area contributed by atoms with Crippen LogP contribution in [0.5, 0.6) is 0 Å². The van der Waals surface area contributed by atoms with Crippen LogP contribution in [-0.2, 0) is 11.2 Å². The lowest BCUT2D eigenvalue weighted by molar-refractivity contribution is -0.119. The van der Waals surface area contributed by atoms with Crippen LogP contribution in [0.3, 0.4) is 0 Å². The van der Waals surface area contributed by atoms with E-state index in [1.807, 2.05) is 4.90 Å². The van der Waals surface area contributed by atoms with E-state index in [0.29, 0.717) is 17.9 Å². The summed E-state index contributed by atoms with van der Waals surface area (Å²) in [6, 6.07) is 8.86. The Balaban J connectivity index is 1.74. The number of carbonyl (C=O) groups is 1. The second-order valence-electron chi connectivity index (χ2n) is 5.09. The summed E-state index contributed by atoms with van der Waals surface area (Å²) in [7, 11) is 0. The number of nitrogens with zero attached hydrogens (tertiary/aromatic N) is 1. The molecule has 0 aromatic heterocycles. The van der Waals surface area contributed by atoms with E-state index in [4.69, 9.17) is 5.73 Å². The van der Waals surface area contributed by atoms with Crippen molar-refractivity contribution in [1.82, 2.24) is 0 Å². The van der Waals surface area contributed by atoms with Gasteiger partial charge in [0.2, 0.25) is 5.91 Å². The number of benzene rings is 1. The maximum absolute atomic E-state index is 11.9. The molecule has 2 bridgehead atoms. The first-order valence-corrected chi connectivity index (χ1v) is 6.41. The predicted octanol–water partition coefficient (Wildman–Crippen LogP) is 1.70. The molecule has 1 aromatic carbocycles. The van der Waals surface area contributed by atoms with E-state index < -0.39 is 0 Å². The first kappa shape index (κ1) is 10.8. The van der Waals surface area contributed by atoms with Crippen LogP contribution in [0.2, 0.25) is 0 Å². The molecule has 3 aliphatic rings. The van der Waals surface area contributed by atoms with E-state index in [0.717, 1.165) is 37.9 Å². The Morgan fingerprint density at radius 1 is 1.24 bits per heavy atom. The topological polar surface area (TPSA) is 46.3 Å². The fraction of sp³-hybridized carbons (Fsp3) is 0.500. The molecular formula is C14H18N2O. The SMILES string of the molecule is NCCCc1ccc(N2C(=O)C3CC2C3)cc1. The molecule has 1 aliphatic carbocycles. The predicted molar refractivity (Wildman–Crippen MR) is 67.8 cm³/mol. The summed E-state index contributed by atoms with van der Waals surface area (Å²) in [5.74, 6) is 0.640. The zero-order chi connectivity index (χ0) is 11.8. The number of rotatable bonds is 4. The largest absolute Gasteiger partial charge is 0.330 e. The van der Waals surface area contributed by atoms with E-state index in [-0.39, 0.29) is 0 Å². The molecule has 3 fully saturated rings. The van der Waals surface area contributed by atoms with E-state index in [1.54, 1.807) is 0 Å². The Morgan fingerprint density at radius 3 is 2.47 bits per heavy atom. The maximum Gasteiger partial charge on any atom is 0.230 e. The lowest BCUT2D eigenvalue weighted by Crippen LogP contribution is -2.29. The van der Waals surface area contributed by atoms with Crippen molar-refractivity contribution in [2.24, 2.45) is 11.7 Å². The summed E-state index contributed by atoms with van der Waals surface area (Å²) in [6.07, 6.45) is 4.17. The van der Waals surface area contributed by atoms with Gasteiger partial charge in [0.1, 0.15) is 0 Å². The number of hydrogen-bond acceptors (Lipinski definition) is 2. The zero-order valence-corrected chi connectivity index (χ0v) is 9.93. The van der Waals surface area contributed by atoms with Gasteiger partial charge in [0.25, 0.3) is 0 Å². The van der Waals surface area contributed by atoms with Gasteiger partial charge >= 0.3 is 0 Å². The van der Waals surface area contributed by atoms with Gasteiger partial charge in [-0.1, -0.05) is 12.1 Å². The molecule has 1 aromatic rings. The van der Waals surface area contributed by atoms with Gasteiger partial charge < -0.3 is 10.6 Å². The van der Waals surface area contributed by atoms with Crippen molar-refractivity contribution < 1.29 is 4.79 Å². The molecule has 1 amide bonds. The van der Waals surface area contributed by atoms with Crippen LogP contribution in [0.15, 0.2) is 24.3 Å². The van der Waals surface area contributed by atoms with Crippen LogP contribution in [0.25, 0.3) is 0 Å². The van der Waals surface area contributed by atoms with Gasteiger partial charge in [-0.15, -0.1) is 0 Å². The Bertz CT molecular complexity index is 420. The van der Waals surface area contributed by atoms with Crippen LogP contribution in [-0.4, -0.2) is 18.5 Å². The number of fused-ring (bicyclic) bond motifs is 1. The number of anilines is 1. The average molecular weight is 230 g/mol. The van der Waals surface area contributed by atoms with Crippen molar-refractivity contribution in [3.8, 4) is 0 Å². The summed E-state index contributed by atoms with van der Waals surface area (Å²) in [5.41, 5.74) is 7.86. The summed E-state index contributed by atoms with van der Waals surface area (Å²) < 4.78 is 0. The minimum Gasteiger partial charge on any atom is -0.330 e. The van der Waals surface area contributed by atoms with E-state index >= 15 is 0 Å². The number of aryl methyl sites for hydroxylation is 1. The molecule has 3 nitrogen and oxygen atoms in total. The van der Waals surface area contributed by atoms with Crippen molar-refractivity contribution in [3.05, 3.63) is 29.8 Å². The lowest BCUT2D eigenvalue weighted by Gasteiger charge is -2.25. The number of nitrogens with two attached hydrogens (primary N) is 1. The maximum atomic E-state index is 11.9. The molecule has 0 radical (unpaired) electrons. The highest BCUT2D eigenvalue weighted by Crippen LogP contribution is 2.44. The molecule has 0 spiro atoms. The highest BCUT2D eigenvalue weighted by molar-refractivity contribution is 6.00. The van der Waals surface area contributed by atoms with Crippen molar-refractivity contribution >= 4 is 11.6 Å².